The second-order valence-electron chi connectivity index (χ2n) is 2.84. The van der Waals surface area contributed by atoms with Gasteiger partial charge in [-0.05, 0) is 24.3 Å². The third-order valence-corrected chi connectivity index (χ3v) is 1.78. The van der Waals surface area contributed by atoms with Gasteiger partial charge in [0.25, 0.3) is 0 Å². The fraction of sp³-hybridized carbons (Fsp3) is 0. The van der Waals surface area contributed by atoms with E-state index in [1.165, 1.54) is 0 Å². The Bertz CT molecular complexity index is 362. The van der Waals surface area contributed by atoms with Crippen LogP contribution in [0.1, 0.15) is 5.56 Å². The number of aliphatic imine (C=N–C) groups is 1. The average molecular weight is 179 g/mol. The van der Waals surface area contributed by atoms with Gasteiger partial charge in [0.05, 0.1) is 5.69 Å². The molecule has 0 amide bonds. The molecule has 1 nitrogen and oxygen atoms in total. The standard InChI is InChI=1S/C13H9N/c1-3-7-12(8-4-1)11-14-13-9-5-2-6-10-13/h1-3,5-7,9-11H. The van der Waals surface area contributed by atoms with Crippen molar-refractivity contribution in [2.24, 2.45) is 4.99 Å². The fourth-order valence-electron chi connectivity index (χ4n) is 1.10. The average Bonchev–Trinajstić information content (AvgIpc) is 2.29. The molecule has 66 valence electrons. The lowest BCUT2D eigenvalue weighted by molar-refractivity contribution is 1.53. The molecule has 0 heterocycles. The number of hydrogen-bond acceptors (Lipinski definition) is 1. The molecule has 0 atom stereocenters. The lowest BCUT2D eigenvalue weighted by Crippen LogP contribution is -1.75. The Morgan fingerprint density at radius 3 is 2.57 bits per heavy atom. The molecular formula is C13H9N. The summed E-state index contributed by atoms with van der Waals surface area (Å²) in [6.07, 6.45) is 1.78. The van der Waals surface area contributed by atoms with E-state index in [1.807, 2.05) is 48.5 Å². The highest BCUT2D eigenvalue weighted by molar-refractivity contribution is 5.80. The normalized spacial score (nSPS) is 10.0. The third-order valence-electron chi connectivity index (χ3n) is 1.78. The molecule has 0 radical (unpaired) electrons. The first-order chi connectivity index (χ1) is 6.95. The Kier molecular flexibility index (Phi) is 2.59. The van der Waals surface area contributed by atoms with Gasteiger partial charge in [-0.2, -0.15) is 0 Å². The van der Waals surface area contributed by atoms with Crippen molar-refractivity contribution in [2.45, 2.75) is 0 Å². The smallest absolute Gasteiger partial charge is 0.0630 e. The van der Waals surface area contributed by atoms with Gasteiger partial charge < -0.3 is 0 Å². The van der Waals surface area contributed by atoms with Gasteiger partial charge in [0.15, 0.2) is 0 Å². The number of benzene rings is 1. The van der Waals surface area contributed by atoms with E-state index in [2.05, 4.69) is 17.1 Å². The van der Waals surface area contributed by atoms with Crippen LogP contribution < -0.4 is 0 Å². The zero-order valence-electron chi connectivity index (χ0n) is 7.64. The minimum atomic E-state index is 0.941. The summed E-state index contributed by atoms with van der Waals surface area (Å²) in [7, 11) is 0. The van der Waals surface area contributed by atoms with Crippen molar-refractivity contribution in [3.63, 3.8) is 0 Å². The quantitative estimate of drug-likeness (QED) is 0.628. The highest BCUT2D eigenvalue weighted by atomic mass is 14.7. The van der Waals surface area contributed by atoms with Crippen LogP contribution in [0.5, 0.6) is 0 Å². The first kappa shape index (κ1) is 8.52. The van der Waals surface area contributed by atoms with E-state index < -0.39 is 0 Å². The molecule has 0 aliphatic heterocycles. The monoisotopic (exact) mass is 179 g/mol. The molecule has 14 heavy (non-hydrogen) atoms. The van der Waals surface area contributed by atoms with Crippen LogP contribution in [0.15, 0.2) is 53.5 Å². The van der Waals surface area contributed by atoms with Crippen LogP contribution in [0, 0.1) is 12.1 Å². The lowest BCUT2D eigenvalue weighted by atomic mass is 10.3. The second-order valence-corrected chi connectivity index (χ2v) is 2.84. The molecule has 1 heteroatoms. The molecule has 2 rings (SSSR count). The van der Waals surface area contributed by atoms with Crippen LogP contribution in [-0.2, 0) is 0 Å². The Balaban J connectivity index is 2.16. The zero-order valence-corrected chi connectivity index (χ0v) is 7.64. The van der Waals surface area contributed by atoms with E-state index >= 15 is 0 Å². The Labute approximate surface area is 83.7 Å². The van der Waals surface area contributed by atoms with Gasteiger partial charge in [-0.15, -0.1) is 0 Å². The number of rotatable bonds is 2. The van der Waals surface area contributed by atoms with E-state index in [-0.39, 0.29) is 0 Å². The van der Waals surface area contributed by atoms with Gasteiger partial charge in [-0.25, -0.2) is 0 Å². The number of para-hydroxylation sites is 1. The molecule has 0 fully saturated rings. The van der Waals surface area contributed by atoms with E-state index in [9.17, 15) is 0 Å². The van der Waals surface area contributed by atoms with Crippen LogP contribution in [0.3, 0.4) is 0 Å². The summed E-state index contributed by atoms with van der Waals surface area (Å²) in [4.78, 5) is 4.30. The van der Waals surface area contributed by atoms with Gasteiger partial charge in [-0.1, -0.05) is 36.4 Å². The van der Waals surface area contributed by atoms with Crippen molar-refractivity contribution in [1.29, 1.82) is 0 Å². The molecule has 0 saturated heterocycles. The van der Waals surface area contributed by atoms with Crippen molar-refractivity contribution in [3.8, 4) is 0 Å². The summed E-state index contributed by atoms with van der Waals surface area (Å²) < 4.78 is 0. The van der Waals surface area contributed by atoms with Crippen LogP contribution >= 0.6 is 0 Å². The van der Waals surface area contributed by atoms with E-state index in [1.54, 1.807) is 6.21 Å². The fourth-order valence-corrected chi connectivity index (χ4v) is 1.10. The van der Waals surface area contributed by atoms with Crippen molar-refractivity contribution >= 4 is 11.9 Å². The Hall–Kier alpha value is -2.07. The van der Waals surface area contributed by atoms with Crippen molar-refractivity contribution < 1.29 is 0 Å². The molecule has 2 aromatic rings. The molecule has 0 aromatic heterocycles. The molecule has 0 bridgehead atoms. The predicted octanol–water partition coefficient (Wildman–Crippen LogP) is 3.04. The minimum absolute atomic E-state index is 0.941. The first-order valence-electron chi connectivity index (χ1n) is 4.43. The molecule has 2 aromatic carbocycles. The first-order valence-corrected chi connectivity index (χ1v) is 4.43. The van der Waals surface area contributed by atoms with Crippen molar-refractivity contribution in [2.75, 3.05) is 0 Å². The summed E-state index contributed by atoms with van der Waals surface area (Å²) in [5.74, 6) is 0. The molecule has 0 saturated carbocycles. The molecule has 0 N–H and O–H groups in total. The van der Waals surface area contributed by atoms with Crippen LogP contribution in [-0.4, -0.2) is 6.21 Å². The van der Waals surface area contributed by atoms with Gasteiger partial charge in [0.1, 0.15) is 0 Å². The van der Waals surface area contributed by atoms with Crippen LogP contribution in [0.2, 0.25) is 0 Å². The van der Waals surface area contributed by atoms with E-state index in [0.29, 0.717) is 0 Å². The highest BCUT2D eigenvalue weighted by Crippen LogP contribution is 2.08. The SMILES string of the molecule is c1cccc(C=Nc2ccccc2)c#1. The summed E-state index contributed by atoms with van der Waals surface area (Å²) in [6.45, 7) is 0. The maximum Gasteiger partial charge on any atom is 0.0630 e. The predicted molar refractivity (Wildman–Crippen MR) is 57.8 cm³/mol. The van der Waals surface area contributed by atoms with E-state index in [0.717, 1.165) is 11.3 Å². The summed E-state index contributed by atoms with van der Waals surface area (Å²) in [5.41, 5.74) is 1.89. The van der Waals surface area contributed by atoms with Crippen LogP contribution in [0.4, 0.5) is 5.69 Å². The maximum absolute atomic E-state index is 4.30. The molecule has 0 spiro atoms. The number of nitrogens with zero attached hydrogens (tertiary/aromatic N) is 1. The van der Waals surface area contributed by atoms with Gasteiger partial charge >= 0.3 is 0 Å². The van der Waals surface area contributed by atoms with Gasteiger partial charge in [-0.3, -0.25) is 4.99 Å². The lowest BCUT2D eigenvalue weighted by Gasteiger charge is -1.90. The highest BCUT2D eigenvalue weighted by Gasteiger charge is 1.84. The molecule has 0 aliphatic rings. The minimum Gasteiger partial charge on any atom is -0.256 e. The third kappa shape index (κ3) is 2.21. The topological polar surface area (TPSA) is 12.4 Å². The zero-order chi connectivity index (χ0) is 9.64. The summed E-state index contributed by atoms with van der Waals surface area (Å²) in [6, 6.07) is 21.4. The van der Waals surface area contributed by atoms with Crippen molar-refractivity contribution in [1.82, 2.24) is 0 Å². The maximum atomic E-state index is 4.30. The van der Waals surface area contributed by atoms with Crippen molar-refractivity contribution in [3.05, 3.63) is 66.2 Å². The van der Waals surface area contributed by atoms with Crippen LogP contribution in [0.25, 0.3) is 0 Å². The molecule has 0 aliphatic carbocycles. The van der Waals surface area contributed by atoms with Gasteiger partial charge in [0, 0.05) is 11.8 Å². The molecule has 0 unspecified atom stereocenters. The Morgan fingerprint density at radius 1 is 1.00 bits per heavy atom. The second kappa shape index (κ2) is 4.25. The molecular weight excluding hydrogens is 170 g/mol. The summed E-state index contributed by atoms with van der Waals surface area (Å²) >= 11 is 0. The van der Waals surface area contributed by atoms with Gasteiger partial charge in [0.2, 0.25) is 0 Å². The summed E-state index contributed by atoms with van der Waals surface area (Å²) in [5, 5.41) is 0. The number of hydrogen-bond donors (Lipinski definition) is 0. The largest absolute Gasteiger partial charge is 0.256 e. The Morgan fingerprint density at radius 2 is 1.86 bits per heavy atom. The van der Waals surface area contributed by atoms with E-state index in [4.69, 9.17) is 0 Å².